The highest BCUT2D eigenvalue weighted by Crippen LogP contribution is 2.14. The molecule has 18 heavy (non-hydrogen) atoms. The Balaban J connectivity index is 2.66. The summed E-state index contributed by atoms with van der Waals surface area (Å²) in [5, 5.41) is 11.4. The lowest BCUT2D eigenvalue weighted by Crippen LogP contribution is -2.29. The summed E-state index contributed by atoms with van der Waals surface area (Å²) in [6.07, 6.45) is 1.81. The number of benzene rings is 1. The van der Waals surface area contributed by atoms with Gasteiger partial charge in [-0.3, -0.25) is 9.59 Å². The van der Waals surface area contributed by atoms with Crippen LogP contribution in [0.3, 0.4) is 0 Å². The van der Waals surface area contributed by atoms with Crippen LogP contribution in [-0.2, 0) is 9.59 Å². The van der Waals surface area contributed by atoms with Crippen LogP contribution in [0.5, 0.6) is 0 Å². The molecule has 0 spiro atoms. The smallest absolute Gasteiger partial charge is 0.316 e. The fraction of sp³-hybridized carbons (Fsp3) is 0.385. The first-order chi connectivity index (χ1) is 8.54. The fourth-order valence-electron chi connectivity index (χ4n) is 1.54. The lowest BCUT2D eigenvalue weighted by molar-refractivity contribution is -0.145. The SMILES string of the molecule is CCCCC(C(=O)O)C(=O)Nc1ccc(F)cc1. The molecular formula is C13H16FNO3. The molecule has 1 amide bonds. The number of unbranched alkanes of at least 4 members (excludes halogenated alkanes) is 1. The van der Waals surface area contributed by atoms with E-state index in [1.54, 1.807) is 0 Å². The Kier molecular flexibility index (Phi) is 5.30. The molecule has 5 heteroatoms. The van der Waals surface area contributed by atoms with Gasteiger partial charge in [0, 0.05) is 5.69 Å². The third-order valence-electron chi connectivity index (χ3n) is 2.57. The zero-order valence-electron chi connectivity index (χ0n) is 10.1. The number of hydrogen-bond acceptors (Lipinski definition) is 2. The topological polar surface area (TPSA) is 66.4 Å². The van der Waals surface area contributed by atoms with Gasteiger partial charge in [-0.05, 0) is 30.7 Å². The number of amides is 1. The maximum absolute atomic E-state index is 12.7. The second kappa shape index (κ2) is 6.74. The molecule has 0 aliphatic rings. The molecule has 0 aliphatic carbocycles. The highest BCUT2D eigenvalue weighted by Gasteiger charge is 2.25. The second-order valence-corrected chi connectivity index (χ2v) is 4.03. The Labute approximate surface area is 105 Å². The quantitative estimate of drug-likeness (QED) is 0.766. The highest BCUT2D eigenvalue weighted by atomic mass is 19.1. The summed E-state index contributed by atoms with van der Waals surface area (Å²) >= 11 is 0. The van der Waals surface area contributed by atoms with Crippen LogP contribution in [0, 0.1) is 11.7 Å². The van der Waals surface area contributed by atoms with E-state index in [9.17, 15) is 14.0 Å². The first kappa shape index (κ1) is 14.2. The maximum Gasteiger partial charge on any atom is 0.316 e. The van der Waals surface area contributed by atoms with E-state index in [0.717, 1.165) is 6.42 Å². The van der Waals surface area contributed by atoms with E-state index in [-0.39, 0.29) is 0 Å². The maximum atomic E-state index is 12.7. The fourth-order valence-corrected chi connectivity index (χ4v) is 1.54. The van der Waals surface area contributed by atoms with Crippen molar-refractivity contribution in [3.05, 3.63) is 30.1 Å². The summed E-state index contributed by atoms with van der Waals surface area (Å²) < 4.78 is 12.7. The Hall–Kier alpha value is -1.91. The molecule has 0 fully saturated rings. The highest BCUT2D eigenvalue weighted by molar-refractivity contribution is 6.04. The molecule has 1 aromatic carbocycles. The first-order valence-electron chi connectivity index (χ1n) is 5.83. The summed E-state index contributed by atoms with van der Waals surface area (Å²) in [4.78, 5) is 22.7. The largest absolute Gasteiger partial charge is 0.481 e. The lowest BCUT2D eigenvalue weighted by atomic mass is 10.0. The van der Waals surface area contributed by atoms with Crippen molar-refractivity contribution in [2.75, 3.05) is 5.32 Å². The van der Waals surface area contributed by atoms with Crippen molar-refractivity contribution in [2.24, 2.45) is 5.92 Å². The average molecular weight is 253 g/mol. The third-order valence-corrected chi connectivity index (χ3v) is 2.57. The lowest BCUT2D eigenvalue weighted by Gasteiger charge is -2.12. The molecule has 1 unspecified atom stereocenters. The van der Waals surface area contributed by atoms with Crippen molar-refractivity contribution in [3.63, 3.8) is 0 Å². The van der Waals surface area contributed by atoms with E-state index >= 15 is 0 Å². The molecule has 0 heterocycles. The minimum Gasteiger partial charge on any atom is -0.481 e. The van der Waals surface area contributed by atoms with Gasteiger partial charge < -0.3 is 10.4 Å². The number of carboxylic acids is 1. The molecule has 0 aromatic heterocycles. The summed E-state index contributed by atoms with van der Waals surface area (Å²) in [5.74, 6) is -3.17. The van der Waals surface area contributed by atoms with Crippen molar-refractivity contribution < 1.29 is 19.1 Å². The minimum absolute atomic E-state index is 0.304. The van der Waals surface area contributed by atoms with Gasteiger partial charge in [0.1, 0.15) is 11.7 Å². The second-order valence-electron chi connectivity index (χ2n) is 4.03. The number of nitrogens with one attached hydrogen (secondary N) is 1. The zero-order chi connectivity index (χ0) is 13.5. The van der Waals surface area contributed by atoms with Gasteiger partial charge >= 0.3 is 5.97 Å². The van der Waals surface area contributed by atoms with Crippen LogP contribution in [0.15, 0.2) is 24.3 Å². The molecule has 2 N–H and O–H groups in total. The van der Waals surface area contributed by atoms with Crippen LogP contribution >= 0.6 is 0 Å². The molecule has 0 saturated heterocycles. The normalized spacial score (nSPS) is 11.9. The molecule has 0 bridgehead atoms. The third kappa shape index (κ3) is 4.16. The van der Waals surface area contributed by atoms with E-state index in [1.165, 1.54) is 24.3 Å². The van der Waals surface area contributed by atoms with E-state index in [1.807, 2.05) is 6.92 Å². The van der Waals surface area contributed by atoms with Crippen LogP contribution in [-0.4, -0.2) is 17.0 Å². The number of hydrogen-bond donors (Lipinski definition) is 2. The number of carboxylic acid groups (broad SMARTS) is 1. The van der Waals surface area contributed by atoms with E-state index in [0.29, 0.717) is 18.5 Å². The summed E-state index contributed by atoms with van der Waals surface area (Å²) in [5.41, 5.74) is 0.393. The van der Waals surface area contributed by atoms with Gasteiger partial charge in [-0.1, -0.05) is 19.8 Å². The molecular weight excluding hydrogens is 237 g/mol. The van der Waals surface area contributed by atoms with Crippen LogP contribution < -0.4 is 5.32 Å². The number of anilines is 1. The van der Waals surface area contributed by atoms with E-state index < -0.39 is 23.6 Å². The summed E-state index contributed by atoms with van der Waals surface area (Å²) in [7, 11) is 0. The number of carbonyl (C=O) groups excluding carboxylic acids is 1. The first-order valence-corrected chi connectivity index (χ1v) is 5.83. The van der Waals surface area contributed by atoms with Crippen molar-refractivity contribution >= 4 is 17.6 Å². The Bertz CT molecular complexity index is 417. The predicted octanol–water partition coefficient (Wildman–Crippen LogP) is 2.66. The van der Waals surface area contributed by atoms with Gasteiger partial charge in [-0.25, -0.2) is 4.39 Å². The van der Waals surface area contributed by atoms with Gasteiger partial charge in [0.15, 0.2) is 0 Å². The molecule has 0 aliphatic heterocycles. The van der Waals surface area contributed by atoms with Crippen molar-refractivity contribution in [1.82, 2.24) is 0 Å². The number of rotatable bonds is 6. The summed E-state index contributed by atoms with van der Waals surface area (Å²) in [6, 6.07) is 5.20. The van der Waals surface area contributed by atoms with Gasteiger partial charge in [-0.2, -0.15) is 0 Å². The number of aliphatic carboxylic acids is 1. The Morgan fingerprint density at radius 2 is 1.94 bits per heavy atom. The monoisotopic (exact) mass is 253 g/mol. The number of carbonyl (C=O) groups is 2. The Morgan fingerprint density at radius 3 is 2.44 bits per heavy atom. The van der Waals surface area contributed by atoms with Gasteiger partial charge in [-0.15, -0.1) is 0 Å². The molecule has 98 valence electrons. The van der Waals surface area contributed by atoms with Gasteiger partial charge in [0.25, 0.3) is 0 Å². The predicted molar refractivity (Wildman–Crippen MR) is 65.7 cm³/mol. The van der Waals surface area contributed by atoms with Crippen LogP contribution in [0.4, 0.5) is 10.1 Å². The molecule has 1 atom stereocenters. The molecule has 1 aromatic rings. The summed E-state index contributed by atoms with van der Waals surface area (Å²) in [6.45, 7) is 1.93. The van der Waals surface area contributed by atoms with E-state index in [2.05, 4.69) is 5.32 Å². The van der Waals surface area contributed by atoms with Crippen LogP contribution in [0.2, 0.25) is 0 Å². The van der Waals surface area contributed by atoms with Crippen molar-refractivity contribution in [1.29, 1.82) is 0 Å². The average Bonchev–Trinajstić information content (AvgIpc) is 2.32. The van der Waals surface area contributed by atoms with Crippen molar-refractivity contribution in [3.8, 4) is 0 Å². The van der Waals surface area contributed by atoms with Crippen molar-refractivity contribution in [2.45, 2.75) is 26.2 Å². The molecule has 4 nitrogen and oxygen atoms in total. The number of halogens is 1. The van der Waals surface area contributed by atoms with Gasteiger partial charge in [0.05, 0.1) is 0 Å². The zero-order valence-corrected chi connectivity index (χ0v) is 10.1. The molecule has 0 saturated carbocycles. The van der Waals surface area contributed by atoms with Gasteiger partial charge in [0.2, 0.25) is 5.91 Å². The van der Waals surface area contributed by atoms with Crippen LogP contribution in [0.25, 0.3) is 0 Å². The Morgan fingerprint density at radius 1 is 1.33 bits per heavy atom. The van der Waals surface area contributed by atoms with Crippen LogP contribution in [0.1, 0.15) is 26.2 Å². The standard InChI is InChI=1S/C13H16FNO3/c1-2-3-4-11(13(17)18)12(16)15-10-7-5-9(14)6-8-10/h5-8,11H,2-4H2,1H3,(H,15,16)(H,17,18). The van der Waals surface area contributed by atoms with E-state index in [4.69, 9.17) is 5.11 Å². The molecule has 0 radical (unpaired) electrons. The minimum atomic E-state index is -1.14. The molecule has 1 rings (SSSR count).